The monoisotopic (exact) mass is 152 g/mol. The number of allylic oxidation sites excluding steroid dienone is 2. The van der Waals surface area contributed by atoms with Crippen molar-refractivity contribution in [3.05, 3.63) is 11.6 Å². The summed E-state index contributed by atoms with van der Waals surface area (Å²) in [6, 6.07) is 0. The lowest BCUT2D eigenvalue weighted by Gasteiger charge is -2.05. The third-order valence-electron chi connectivity index (χ3n) is 2.52. The Hall–Kier alpha value is -0.260. The van der Waals surface area contributed by atoms with Gasteiger partial charge in [0.2, 0.25) is 0 Å². The van der Waals surface area contributed by atoms with Crippen molar-refractivity contribution in [1.29, 1.82) is 0 Å². The van der Waals surface area contributed by atoms with Crippen LogP contribution in [0.4, 0.5) is 0 Å². The van der Waals surface area contributed by atoms with E-state index in [1.165, 1.54) is 51.4 Å². The molecule has 0 bridgehead atoms. The minimum Gasteiger partial charge on any atom is -0.0856 e. The summed E-state index contributed by atoms with van der Waals surface area (Å²) in [5.41, 5.74) is 1.62. The molecule has 0 atom stereocenters. The average molecular weight is 152 g/mol. The van der Waals surface area contributed by atoms with Gasteiger partial charge in [-0.25, -0.2) is 0 Å². The summed E-state index contributed by atoms with van der Waals surface area (Å²) in [5.74, 6) is 0. The highest BCUT2D eigenvalue weighted by Gasteiger charge is 1.95. The average Bonchev–Trinajstić information content (AvgIpc) is 2.03. The molecule has 64 valence electrons. The van der Waals surface area contributed by atoms with Gasteiger partial charge in [0.05, 0.1) is 0 Å². The summed E-state index contributed by atoms with van der Waals surface area (Å²) in [6.07, 6.45) is 13.8. The maximum Gasteiger partial charge on any atom is -0.0323 e. The zero-order valence-corrected chi connectivity index (χ0v) is 7.73. The molecule has 0 unspecified atom stereocenters. The molecule has 0 amide bonds. The number of hydrogen-bond donors (Lipinski definition) is 0. The van der Waals surface area contributed by atoms with Crippen LogP contribution in [-0.4, -0.2) is 0 Å². The maximum atomic E-state index is 2.44. The minimum absolute atomic E-state index is 1.33. The molecule has 0 radical (unpaired) electrons. The highest BCUT2D eigenvalue weighted by atomic mass is 14.0. The standard InChI is InChI=1S/C11H20/c1-11-9-7-5-3-2-4-6-8-10-11/h9H,2-8,10H2,1H3. The third-order valence-corrected chi connectivity index (χ3v) is 2.52. The van der Waals surface area contributed by atoms with Crippen LogP contribution in [0.3, 0.4) is 0 Å². The van der Waals surface area contributed by atoms with Crippen molar-refractivity contribution in [2.45, 2.75) is 58.3 Å². The molecular weight excluding hydrogens is 132 g/mol. The zero-order chi connectivity index (χ0) is 7.94. The molecule has 0 N–H and O–H groups in total. The first-order chi connectivity index (χ1) is 5.39. The van der Waals surface area contributed by atoms with Gasteiger partial charge in [0, 0.05) is 0 Å². The molecule has 0 saturated heterocycles. The fraction of sp³-hybridized carbons (Fsp3) is 0.818. The van der Waals surface area contributed by atoms with Gasteiger partial charge >= 0.3 is 0 Å². The Labute approximate surface area is 70.7 Å². The van der Waals surface area contributed by atoms with E-state index in [4.69, 9.17) is 0 Å². The number of rotatable bonds is 0. The zero-order valence-electron chi connectivity index (χ0n) is 7.73. The Morgan fingerprint density at radius 2 is 1.55 bits per heavy atom. The third kappa shape index (κ3) is 4.23. The summed E-state index contributed by atoms with van der Waals surface area (Å²) in [7, 11) is 0. The van der Waals surface area contributed by atoms with E-state index in [0.717, 1.165) is 0 Å². The molecule has 1 rings (SSSR count). The van der Waals surface area contributed by atoms with E-state index < -0.39 is 0 Å². The molecule has 0 spiro atoms. The molecule has 0 aromatic rings. The van der Waals surface area contributed by atoms with Crippen molar-refractivity contribution < 1.29 is 0 Å². The predicted octanol–water partition coefficient (Wildman–Crippen LogP) is 4.07. The molecule has 0 aliphatic heterocycles. The smallest absolute Gasteiger partial charge is 0.0323 e. The van der Waals surface area contributed by atoms with Gasteiger partial charge in [-0.1, -0.05) is 37.3 Å². The molecule has 0 nitrogen and oxygen atoms in total. The SMILES string of the molecule is CC1=CCCCCCCCC1. The van der Waals surface area contributed by atoms with Crippen LogP contribution in [0.25, 0.3) is 0 Å². The molecule has 1 aliphatic rings. The fourth-order valence-corrected chi connectivity index (χ4v) is 1.71. The summed E-state index contributed by atoms with van der Waals surface area (Å²) < 4.78 is 0. The van der Waals surface area contributed by atoms with Crippen molar-refractivity contribution in [3.8, 4) is 0 Å². The van der Waals surface area contributed by atoms with E-state index >= 15 is 0 Å². The summed E-state index contributed by atoms with van der Waals surface area (Å²) in [4.78, 5) is 0. The Bertz CT molecular complexity index is 122. The summed E-state index contributed by atoms with van der Waals surface area (Å²) >= 11 is 0. The van der Waals surface area contributed by atoms with Crippen LogP contribution < -0.4 is 0 Å². The molecule has 0 heteroatoms. The first kappa shape index (κ1) is 8.83. The second-order valence-electron chi connectivity index (χ2n) is 3.71. The molecule has 0 aromatic heterocycles. The van der Waals surface area contributed by atoms with Gasteiger partial charge < -0.3 is 0 Å². The Kier molecular flexibility index (Phi) is 4.33. The lowest BCUT2D eigenvalue weighted by Crippen LogP contribution is -1.85. The van der Waals surface area contributed by atoms with Gasteiger partial charge in [-0.2, -0.15) is 0 Å². The predicted molar refractivity (Wildman–Crippen MR) is 50.7 cm³/mol. The van der Waals surface area contributed by atoms with Crippen LogP contribution in [0, 0.1) is 0 Å². The van der Waals surface area contributed by atoms with Crippen LogP contribution in [0.15, 0.2) is 11.6 Å². The lowest BCUT2D eigenvalue weighted by atomic mass is 10.0. The molecule has 11 heavy (non-hydrogen) atoms. The summed E-state index contributed by atoms with van der Waals surface area (Å²) in [5, 5.41) is 0. The van der Waals surface area contributed by atoms with Crippen molar-refractivity contribution in [2.24, 2.45) is 0 Å². The molecule has 0 heterocycles. The van der Waals surface area contributed by atoms with Gasteiger partial charge in [-0.05, 0) is 32.6 Å². The topological polar surface area (TPSA) is 0 Å². The second kappa shape index (κ2) is 5.40. The molecular formula is C11H20. The van der Waals surface area contributed by atoms with E-state index in [1.807, 2.05) is 0 Å². The first-order valence-corrected chi connectivity index (χ1v) is 5.05. The van der Waals surface area contributed by atoms with Crippen LogP contribution in [0.1, 0.15) is 58.3 Å². The lowest BCUT2D eigenvalue weighted by molar-refractivity contribution is 0.585. The van der Waals surface area contributed by atoms with Gasteiger partial charge in [-0.3, -0.25) is 0 Å². The minimum atomic E-state index is 1.33. The Morgan fingerprint density at radius 1 is 0.909 bits per heavy atom. The van der Waals surface area contributed by atoms with Crippen LogP contribution >= 0.6 is 0 Å². The van der Waals surface area contributed by atoms with Crippen LogP contribution in [-0.2, 0) is 0 Å². The Balaban J connectivity index is 2.27. The normalized spacial score (nSPS) is 22.5. The van der Waals surface area contributed by atoms with Crippen molar-refractivity contribution in [1.82, 2.24) is 0 Å². The van der Waals surface area contributed by atoms with Gasteiger partial charge in [-0.15, -0.1) is 0 Å². The van der Waals surface area contributed by atoms with Gasteiger partial charge in [0.1, 0.15) is 0 Å². The van der Waals surface area contributed by atoms with E-state index in [0.29, 0.717) is 0 Å². The number of hydrogen-bond acceptors (Lipinski definition) is 0. The highest BCUT2D eigenvalue weighted by molar-refractivity contribution is 4.97. The van der Waals surface area contributed by atoms with Gasteiger partial charge in [0.15, 0.2) is 0 Å². The fourth-order valence-electron chi connectivity index (χ4n) is 1.71. The van der Waals surface area contributed by atoms with Crippen molar-refractivity contribution >= 4 is 0 Å². The van der Waals surface area contributed by atoms with Crippen molar-refractivity contribution in [3.63, 3.8) is 0 Å². The van der Waals surface area contributed by atoms with E-state index in [1.54, 1.807) is 5.57 Å². The first-order valence-electron chi connectivity index (χ1n) is 5.05. The Morgan fingerprint density at radius 3 is 2.36 bits per heavy atom. The molecule has 0 saturated carbocycles. The van der Waals surface area contributed by atoms with Crippen LogP contribution in [0.2, 0.25) is 0 Å². The highest BCUT2D eigenvalue weighted by Crippen LogP contribution is 2.15. The maximum absolute atomic E-state index is 2.44. The van der Waals surface area contributed by atoms with Crippen molar-refractivity contribution in [2.75, 3.05) is 0 Å². The molecule has 0 fully saturated rings. The van der Waals surface area contributed by atoms with E-state index in [-0.39, 0.29) is 0 Å². The molecule has 1 aliphatic carbocycles. The second-order valence-corrected chi connectivity index (χ2v) is 3.71. The van der Waals surface area contributed by atoms with Crippen LogP contribution in [0.5, 0.6) is 0 Å². The van der Waals surface area contributed by atoms with E-state index in [2.05, 4.69) is 13.0 Å². The summed E-state index contributed by atoms with van der Waals surface area (Å²) in [6.45, 7) is 2.28. The van der Waals surface area contributed by atoms with E-state index in [9.17, 15) is 0 Å². The van der Waals surface area contributed by atoms with Gasteiger partial charge in [0.25, 0.3) is 0 Å². The molecule has 0 aromatic carbocycles. The quantitative estimate of drug-likeness (QED) is 0.459. The largest absolute Gasteiger partial charge is 0.0856 e.